The molecule has 0 atom stereocenters. The molecule has 0 fully saturated rings. The molecular formula is C19H19ClN4OS2. The van der Waals surface area contributed by atoms with E-state index < -0.39 is 0 Å². The number of urea groups is 1. The van der Waals surface area contributed by atoms with E-state index in [9.17, 15) is 4.79 Å². The van der Waals surface area contributed by atoms with Crippen molar-refractivity contribution in [1.82, 2.24) is 10.2 Å². The summed E-state index contributed by atoms with van der Waals surface area (Å²) >= 11 is 9.01. The van der Waals surface area contributed by atoms with Crippen molar-refractivity contribution in [3.63, 3.8) is 0 Å². The van der Waals surface area contributed by atoms with Crippen LogP contribution in [0.4, 0.5) is 15.6 Å². The van der Waals surface area contributed by atoms with Crippen LogP contribution in [0.5, 0.6) is 0 Å². The molecule has 0 saturated heterocycles. The van der Waals surface area contributed by atoms with Gasteiger partial charge < -0.3 is 5.32 Å². The van der Waals surface area contributed by atoms with Gasteiger partial charge in [-0.25, -0.2) is 4.79 Å². The Hall–Kier alpha value is -2.09. The van der Waals surface area contributed by atoms with Gasteiger partial charge in [-0.3, -0.25) is 5.32 Å². The lowest BCUT2D eigenvalue weighted by molar-refractivity contribution is 0.262. The fourth-order valence-corrected chi connectivity index (χ4v) is 4.18. The summed E-state index contributed by atoms with van der Waals surface area (Å²) in [6.07, 6.45) is 0. The standard InChI is InChI=1S/C19H19ClN4OS2/c1-12-3-8-16(9-13(12)2)21-18(25)22-19-24-23-17(27-19)11-26-10-14-4-6-15(20)7-5-14/h3-9H,10-11H2,1-2H3,(H2,21,22,24,25). The number of amides is 2. The van der Waals surface area contributed by atoms with Gasteiger partial charge in [0.25, 0.3) is 0 Å². The summed E-state index contributed by atoms with van der Waals surface area (Å²) in [4.78, 5) is 12.1. The molecule has 140 valence electrons. The average molecular weight is 419 g/mol. The minimum absolute atomic E-state index is 0.324. The lowest BCUT2D eigenvalue weighted by Gasteiger charge is -2.07. The molecule has 3 aromatic rings. The Morgan fingerprint density at radius 2 is 1.81 bits per heavy atom. The molecule has 2 amide bonds. The van der Waals surface area contributed by atoms with Crippen molar-refractivity contribution < 1.29 is 4.79 Å². The molecule has 0 radical (unpaired) electrons. The Bertz CT molecular complexity index is 928. The van der Waals surface area contributed by atoms with Gasteiger partial charge in [0.1, 0.15) is 5.01 Å². The Kier molecular flexibility index (Phi) is 6.71. The van der Waals surface area contributed by atoms with Gasteiger partial charge in [-0.2, -0.15) is 0 Å². The van der Waals surface area contributed by atoms with Crippen LogP contribution in [0.25, 0.3) is 0 Å². The first-order valence-corrected chi connectivity index (χ1v) is 10.6. The van der Waals surface area contributed by atoms with Crippen LogP contribution >= 0.6 is 34.7 Å². The molecule has 5 nitrogen and oxygen atoms in total. The van der Waals surface area contributed by atoms with E-state index in [-0.39, 0.29) is 6.03 Å². The molecule has 0 spiro atoms. The normalized spacial score (nSPS) is 10.6. The summed E-state index contributed by atoms with van der Waals surface area (Å²) in [7, 11) is 0. The second-order valence-corrected chi connectivity index (χ2v) is 8.48. The van der Waals surface area contributed by atoms with Crippen molar-refractivity contribution in [2.45, 2.75) is 25.4 Å². The van der Waals surface area contributed by atoms with Crippen LogP contribution in [-0.2, 0) is 11.5 Å². The van der Waals surface area contributed by atoms with E-state index in [4.69, 9.17) is 11.6 Å². The summed E-state index contributed by atoms with van der Waals surface area (Å²) in [6.45, 7) is 4.05. The van der Waals surface area contributed by atoms with E-state index >= 15 is 0 Å². The number of rotatable bonds is 6. The number of thioether (sulfide) groups is 1. The van der Waals surface area contributed by atoms with Crippen LogP contribution in [0.15, 0.2) is 42.5 Å². The van der Waals surface area contributed by atoms with Crippen LogP contribution < -0.4 is 10.6 Å². The van der Waals surface area contributed by atoms with Gasteiger partial charge in [0.2, 0.25) is 5.13 Å². The van der Waals surface area contributed by atoms with E-state index in [0.717, 1.165) is 32.8 Å². The van der Waals surface area contributed by atoms with Crippen LogP contribution in [0.2, 0.25) is 5.02 Å². The van der Waals surface area contributed by atoms with Gasteiger partial charge in [-0.1, -0.05) is 41.1 Å². The highest BCUT2D eigenvalue weighted by atomic mass is 35.5. The van der Waals surface area contributed by atoms with Crippen molar-refractivity contribution in [1.29, 1.82) is 0 Å². The molecule has 0 aliphatic rings. The molecule has 1 heterocycles. The van der Waals surface area contributed by atoms with E-state index in [1.807, 2.05) is 56.3 Å². The number of halogens is 1. The van der Waals surface area contributed by atoms with Crippen molar-refractivity contribution in [3.8, 4) is 0 Å². The first kappa shape index (κ1) is 19.7. The smallest absolute Gasteiger partial charge is 0.308 e. The molecule has 3 rings (SSSR count). The SMILES string of the molecule is Cc1ccc(NC(=O)Nc2nnc(CSCc3ccc(Cl)cc3)s2)cc1C. The average Bonchev–Trinajstić information content (AvgIpc) is 3.07. The third-order valence-electron chi connectivity index (χ3n) is 3.86. The molecular weight excluding hydrogens is 400 g/mol. The predicted molar refractivity (Wildman–Crippen MR) is 115 cm³/mol. The molecule has 1 aromatic heterocycles. The van der Waals surface area contributed by atoms with Crippen molar-refractivity contribution in [3.05, 3.63) is 69.2 Å². The quantitative estimate of drug-likeness (QED) is 0.524. The van der Waals surface area contributed by atoms with Gasteiger partial charge in [-0.05, 0) is 54.8 Å². The molecule has 0 bridgehead atoms. The molecule has 2 N–H and O–H groups in total. The molecule has 0 saturated carbocycles. The third kappa shape index (κ3) is 5.95. The summed E-state index contributed by atoms with van der Waals surface area (Å²) in [5, 5.41) is 15.8. The number of nitrogens with zero attached hydrogens (tertiary/aromatic N) is 2. The number of benzene rings is 2. The molecule has 2 aromatic carbocycles. The largest absolute Gasteiger partial charge is 0.325 e. The highest BCUT2D eigenvalue weighted by molar-refractivity contribution is 7.97. The van der Waals surface area contributed by atoms with Crippen LogP contribution in [0.1, 0.15) is 21.7 Å². The topological polar surface area (TPSA) is 66.9 Å². The van der Waals surface area contributed by atoms with E-state index in [2.05, 4.69) is 20.8 Å². The maximum absolute atomic E-state index is 12.1. The van der Waals surface area contributed by atoms with Gasteiger partial charge in [0.15, 0.2) is 0 Å². The highest BCUT2D eigenvalue weighted by Crippen LogP contribution is 2.23. The first-order valence-electron chi connectivity index (χ1n) is 8.29. The van der Waals surface area contributed by atoms with Gasteiger partial charge in [0, 0.05) is 22.2 Å². The maximum Gasteiger partial charge on any atom is 0.325 e. The summed E-state index contributed by atoms with van der Waals surface area (Å²) in [5.74, 6) is 1.60. The van der Waals surface area contributed by atoms with Crippen molar-refractivity contribution in [2.75, 3.05) is 10.6 Å². The number of aromatic nitrogens is 2. The summed E-state index contributed by atoms with van der Waals surface area (Å²) < 4.78 is 0. The number of anilines is 2. The second kappa shape index (κ2) is 9.21. The lowest BCUT2D eigenvalue weighted by atomic mass is 10.1. The predicted octanol–water partition coefficient (Wildman–Crippen LogP) is 5.89. The Balaban J connectivity index is 1.47. The van der Waals surface area contributed by atoms with Crippen LogP contribution in [-0.4, -0.2) is 16.2 Å². The van der Waals surface area contributed by atoms with Crippen LogP contribution in [0, 0.1) is 13.8 Å². The second-order valence-electron chi connectivity index (χ2n) is 6.00. The molecule has 0 unspecified atom stereocenters. The first-order chi connectivity index (χ1) is 13.0. The van der Waals surface area contributed by atoms with Crippen molar-refractivity contribution in [2.24, 2.45) is 0 Å². The van der Waals surface area contributed by atoms with Crippen LogP contribution in [0.3, 0.4) is 0 Å². The Morgan fingerprint density at radius 3 is 2.56 bits per heavy atom. The number of carbonyl (C=O) groups is 1. The lowest BCUT2D eigenvalue weighted by Crippen LogP contribution is -2.19. The molecule has 0 aliphatic heterocycles. The Labute approximate surface area is 171 Å². The molecule has 27 heavy (non-hydrogen) atoms. The monoisotopic (exact) mass is 418 g/mol. The minimum atomic E-state index is -0.324. The van der Waals surface area contributed by atoms with Gasteiger partial charge in [0.05, 0.1) is 0 Å². The van der Waals surface area contributed by atoms with E-state index in [0.29, 0.717) is 5.13 Å². The summed E-state index contributed by atoms with van der Waals surface area (Å²) in [5.41, 5.74) is 4.27. The fourth-order valence-electron chi connectivity index (χ4n) is 2.28. The van der Waals surface area contributed by atoms with E-state index in [1.54, 1.807) is 11.8 Å². The van der Waals surface area contributed by atoms with Gasteiger partial charge >= 0.3 is 6.03 Å². The fraction of sp³-hybridized carbons (Fsp3) is 0.211. The van der Waals surface area contributed by atoms with E-state index in [1.165, 1.54) is 22.5 Å². The Morgan fingerprint density at radius 1 is 1.04 bits per heavy atom. The minimum Gasteiger partial charge on any atom is -0.308 e. The number of nitrogens with one attached hydrogen (secondary N) is 2. The van der Waals surface area contributed by atoms with Crippen molar-refractivity contribution >= 4 is 51.5 Å². The number of hydrogen-bond donors (Lipinski definition) is 2. The molecule has 8 heteroatoms. The number of carbonyl (C=O) groups excluding carboxylic acids is 1. The third-order valence-corrected chi connectivity index (χ3v) is 6.15. The summed E-state index contributed by atoms with van der Waals surface area (Å²) in [6, 6.07) is 13.3. The van der Waals surface area contributed by atoms with Gasteiger partial charge in [-0.15, -0.1) is 22.0 Å². The zero-order valence-corrected chi connectivity index (χ0v) is 17.3. The number of aryl methyl sites for hydroxylation is 2. The molecule has 0 aliphatic carbocycles. The maximum atomic E-state index is 12.1. The zero-order chi connectivity index (χ0) is 19.2. The highest BCUT2D eigenvalue weighted by Gasteiger charge is 2.09. The zero-order valence-electron chi connectivity index (χ0n) is 15.0. The number of hydrogen-bond acceptors (Lipinski definition) is 5.